The minimum absolute atomic E-state index is 0.0598. The summed E-state index contributed by atoms with van der Waals surface area (Å²) in [7, 11) is 0. The number of carbonyl (C=O) groups excluding carboxylic acids is 1. The molecule has 1 aromatic rings. The van der Waals surface area contributed by atoms with Gasteiger partial charge in [0.15, 0.2) is 0 Å². The van der Waals surface area contributed by atoms with E-state index in [9.17, 15) is 14.0 Å². The van der Waals surface area contributed by atoms with Crippen LogP contribution in [0.4, 0.5) is 10.1 Å². The first kappa shape index (κ1) is 15.3. The van der Waals surface area contributed by atoms with Gasteiger partial charge in [0.05, 0.1) is 11.3 Å². The first-order valence-corrected chi connectivity index (χ1v) is 6.93. The summed E-state index contributed by atoms with van der Waals surface area (Å²) < 4.78 is 13.2. The number of benzene rings is 1. The maximum absolute atomic E-state index is 13.2. The van der Waals surface area contributed by atoms with Crippen molar-refractivity contribution in [2.75, 3.05) is 17.7 Å². The fourth-order valence-electron chi connectivity index (χ4n) is 1.46. The van der Waals surface area contributed by atoms with Crippen molar-refractivity contribution in [2.45, 2.75) is 12.5 Å². The van der Waals surface area contributed by atoms with E-state index in [0.29, 0.717) is 5.75 Å². The van der Waals surface area contributed by atoms with Gasteiger partial charge in [0.2, 0.25) is 0 Å². The Morgan fingerprint density at radius 3 is 2.79 bits per heavy atom. The largest absolute Gasteiger partial charge is 0.480 e. The molecule has 104 valence electrons. The normalized spacial score (nSPS) is 11.9. The number of carboxylic acid groups (broad SMARTS) is 1. The van der Waals surface area contributed by atoms with Gasteiger partial charge in [-0.15, -0.1) is 0 Å². The van der Waals surface area contributed by atoms with Crippen molar-refractivity contribution in [1.82, 2.24) is 5.32 Å². The van der Waals surface area contributed by atoms with Gasteiger partial charge in [-0.05, 0) is 30.6 Å². The maximum Gasteiger partial charge on any atom is 0.326 e. The van der Waals surface area contributed by atoms with E-state index in [4.69, 9.17) is 10.8 Å². The molecule has 0 bridgehead atoms. The van der Waals surface area contributed by atoms with E-state index in [-0.39, 0.29) is 17.7 Å². The van der Waals surface area contributed by atoms with E-state index < -0.39 is 23.7 Å². The molecule has 7 heteroatoms. The van der Waals surface area contributed by atoms with Crippen LogP contribution in [0.15, 0.2) is 18.2 Å². The standard InChI is InChI=1S/C12H15FN2O3S/c1-19-6-5-9(12(17)18)15-11(16)7-3-2-4-8(13)10(7)14/h2-4,9H,5-6,14H2,1H3,(H,15,16)(H,17,18)/t9-/m1/s1. The van der Waals surface area contributed by atoms with Crippen molar-refractivity contribution < 1.29 is 19.1 Å². The average molecular weight is 286 g/mol. The molecule has 1 rings (SSSR count). The summed E-state index contributed by atoms with van der Waals surface area (Å²) in [4.78, 5) is 22.9. The van der Waals surface area contributed by atoms with E-state index in [2.05, 4.69) is 5.32 Å². The van der Waals surface area contributed by atoms with Crippen LogP contribution in [0.1, 0.15) is 16.8 Å². The summed E-state index contributed by atoms with van der Waals surface area (Å²) >= 11 is 1.48. The van der Waals surface area contributed by atoms with Gasteiger partial charge in [0.1, 0.15) is 11.9 Å². The van der Waals surface area contributed by atoms with Crippen LogP contribution < -0.4 is 11.1 Å². The van der Waals surface area contributed by atoms with Gasteiger partial charge in [-0.3, -0.25) is 4.79 Å². The van der Waals surface area contributed by atoms with Crippen LogP contribution in [0, 0.1) is 5.82 Å². The number of amides is 1. The number of nitrogen functional groups attached to an aromatic ring is 1. The number of nitrogens with one attached hydrogen (secondary N) is 1. The van der Waals surface area contributed by atoms with Gasteiger partial charge in [-0.1, -0.05) is 6.07 Å². The van der Waals surface area contributed by atoms with Crippen molar-refractivity contribution in [2.24, 2.45) is 0 Å². The number of para-hydroxylation sites is 1. The highest BCUT2D eigenvalue weighted by molar-refractivity contribution is 7.98. The molecule has 0 unspecified atom stereocenters. The SMILES string of the molecule is CSCC[C@@H](NC(=O)c1cccc(F)c1N)C(=O)O. The number of anilines is 1. The molecule has 0 radical (unpaired) electrons. The molecule has 0 aliphatic heterocycles. The molecule has 0 aliphatic rings. The smallest absolute Gasteiger partial charge is 0.326 e. The highest BCUT2D eigenvalue weighted by atomic mass is 32.2. The number of thioether (sulfide) groups is 1. The Labute approximate surface area is 114 Å². The third-order valence-corrected chi connectivity index (χ3v) is 3.16. The van der Waals surface area contributed by atoms with Crippen molar-refractivity contribution in [3.05, 3.63) is 29.6 Å². The number of aliphatic carboxylic acids is 1. The number of nitrogens with two attached hydrogens (primary N) is 1. The Kier molecular flexibility index (Phi) is 5.62. The first-order valence-electron chi connectivity index (χ1n) is 5.54. The lowest BCUT2D eigenvalue weighted by atomic mass is 10.1. The van der Waals surface area contributed by atoms with E-state index in [0.717, 1.165) is 6.07 Å². The van der Waals surface area contributed by atoms with Crippen molar-refractivity contribution in [1.29, 1.82) is 0 Å². The molecular formula is C12H15FN2O3S. The summed E-state index contributed by atoms with van der Waals surface area (Å²) in [5.41, 5.74) is 5.10. The second-order valence-electron chi connectivity index (χ2n) is 3.85. The average Bonchev–Trinajstić information content (AvgIpc) is 2.37. The zero-order valence-corrected chi connectivity index (χ0v) is 11.2. The first-order chi connectivity index (χ1) is 8.97. The predicted octanol–water partition coefficient (Wildman–Crippen LogP) is 1.34. The summed E-state index contributed by atoms with van der Waals surface area (Å²) in [6.45, 7) is 0. The molecule has 0 spiro atoms. The van der Waals surface area contributed by atoms with Crippen molar-refractivity contribution in [3.8, 4) is 0 Å². The minimum Gasteiger partial charge on any atom is -0.480 e. The Hall–Kier alpha value is -1.76. The third kappa shape index (κ3) is 4.13. The fraction of sp³-hybridized carbons (Fsp3) is 0.333. The van der Waals surface area contributed by atoms with Gasteiger partial charge in [0, 0.05) is 0 Å². The summed E-state index contributed by atoms with van der Waals surface area (Å²) in [6.07, 6.45) is 2.13. The Balaban J connectivity index is 2.82. The Morgan fingerprint density at radius 2 is 2.21 bits per heavy atom. The van der Waals surface area contributed by atoms with Crippen LogP contribution >= 0.6 is 11.8 Å². The molecule has 0 heterocycles. The van der Waals surface area contributed by atoms with Gasteiger partial charge in [-0.25, -0.2) is 9.18 Å². The predicted molar refractivity (Wildman–Crippen MR) is 72.7 cm³/mol. The number of halogens is 1. The van der Waals surface area contributed by atoms with E-state index in [1.807, 2.05) is 6.26 Å². The summed E-state index contributed by atoms with van der Waals surface area (Å²) in [5, 5.41) is 11.3. The molecule has 1 aromatic carbocycles. The van der Waals surface area contributed by atoms with Gasteiger partial charge in [0.25, 0.3) is 5.91 Å². The third-order valence-electron chi connectivity index (χ3n) is 2.51. The lowest BCUT2D eigenvalue weighted by Crippen LogP contribution is -2.41. The number of hydrogen-bond acceptors (Lipinski definition) is 4. The molecule has 19 heavy (non-hydrogen) atoms. The fourth-order valence-corrected chi connectivity index (χ4v) is 1.94. The zero-order chi connectivity index (χ0) is 14.4. The number of carboxylic acids is 1. The molecule has 1 amide bonds. The quantitative estimate of drug-likeness (QED) is 0.686. The molecule has 5 nitrogen and oxygen atoms in total. The van der Waals surface area contributed by atoms with Crippen LogP contribution in [-0.4, -0.2) is 35.0 Å². The molecule has 0 aromatic heterocycles. The van der Waals surface area contributed by atoms with Crippen molar-refractivity contribution >= 4 is 29.3 Å². The van der Waals surface area contributed by atoms with E-state index in [1.54, 1.807) is 0 Å². The van der Waals surface area contributed by atoms with Crippen LogP contribution in [0.2, 0.25) is 0 Å². The van der Waals surface area contributed by atoms with Gasteiger partial charge >= 0.3 is 5.97 Å². The number of hydrogen-bond donors (Lipinski definition) is 3. The van der Waals surface area contributed by atoms with Gasteiger partial charge < -0.3 is 16.2 Å². The Morgan fingerprint density at radius 1 is 1.53 bits per heavy atom. The molecule has 0 saturated heterocycles. The molecule has 4 N–H and O–H groups in total. The van der Waals surface area contributed by atoms with Gasteiger partial charge in [-0.2, -0.15) is 11.8 Å². The highest BCUT2D eigenvalue weighted by Gasteiger charge is 2.21. The molecule has 1 atom stereocenters. The maximum atomic E-state index is 13.2. The molecule has 0 aliphatic carbocycles. The van der Waals surface area contributed by atoms with E-state index in [1.165, 1.54) is 23.9 Å². The summed E-state index contributed by atoms with van der Waals surface area (Å²) in [5.74, 6) is -1.93. The van der Waals surface area contributed by atoms with Crippen LogP contribution in [0.5, 0.6) is 0 Å². The van der Waals surface area contributed by atoms with Crippen LogP contribution in [0.3, 0.4) is 0 Å². The second kappa shape index (κ2) is 6.98. The lowest BCUT2D eigenvalue weighted by Gasteiger charge is -2.14. The zero-order valence-electron chi connectivity index (χ0n) is 10.4. The van der Waals surface area contributed by atoms with Crippen LogP contribution in [0.25, 0.3) is 0 Å². The monoisotopic (exact) mass is 286 g/mol. The lowest BCUT2D eigenvalue weighted by molar-refractivity contribution is -0.139. The number of rotatable bonds is 6. The topological polar surface area (TPSA) is 92.4 Å². The Bertz CT molecular complexity index is 482. The molecule has 0 saturated carbocycles. The van der Waals surface area contributed by atoms with Crippen LogP contribution in [-0.2, 0) is 4.79 Å². The van der Waals surface area contributed by atoms with E-state index >= 15 is 0 Å². The minimum atomic E-state index is -1.13. The number of carbonyl (C=O) groups is 2. The molecule has 0 fully saturated rings. The molecular weight excluding hydrogens is 271 g/mol. The van der Waals surface area contributed by atoms with Crippen molar-refractivity contribution in [3.63, 3.8) is 0 Å². The summed E-state index contributed by atoms with van der Waals surface area (Å²) in [6, 6.07) is 2.82. The highest BCUT2D eigenvalue weighted by Crippen LogP contribution is 2.16. The second-order valence-corrected chi connectivity index (χ2v) is 4.83.